The van der Waals surface area contributed by atoms with Crippen molar-refractivity contribution >= 4 is 5.91 Å². The van der Waals surface area contributed by atoms with Gasteiger partial charge >= 0.3 is 0 Å². The molecule has 3 aromatic rings. The summed E-state index contributed by atoms with van der Waals surface area (Å²) >= 11 is 0. The Morgan fingerprint density at radius 1 is 1.00 bits per heavy atom. The molecule has 1 aliphatic rings. The van der Waals surface area contributed by atoms with Crippen LogP contribution in [0.5, 0.6) is 0 Å². The fourth-order valence-electron chi connectivity index (χ4n) is 3.70. The maximum atomic E-state index is 13.2. The van der Waals surface area contributed by atoms with Gasteiger partial charge in [-0.15, -0.1) is 0 Å². The largest absolute Gasteiger partial charge is 0.352 e. The van der Waals surface area contributed by atoms with Crippen LogP contribution in [0.3, 0.4) is 0 Å². The van der Waals surface area contributed by atoms with Crippen molar-refractivity contribution in [3.8, 4) is 11.1 Å². The van der Waals surface area contributed by atoms with Gasteiger partial charge in [0.05, 0.1) is 6.42 Å². The van der Waals surface area contributed by atoms with E-state index in [0.29, 0.717) is 12.2 Å². The molecular weight excluding hydrogens is 391 g/mol. The summed E-state index contributed by atoms with van der Waals surface area (Å²) < 4.78 is 13.2. The summed E-state index contributed by atoms with van der Waals surface area (Å²) in [5.74, 6) is -0.442. The number of carbonyl (C=O) groups is 1. The SMILES string of the molecule is O=C(Cc1ccc(-c2ccc(CN3CCNCC3)cc2)cn1)NCc1cccc(F)c1. The van der Waals surface area contributed by atoms with Crippen LogP contribution < -0.4 is 10.6 Å². The van der Waals surface area contributed by atoms with Crippen LogP contribution in [-0.4, -0.2) is 42.0 Å². The van der Waals surface area contributed by atoms with Gasteiger partial charge in [-0.2, -0.15) is 0 Å². The molecule has 0 aliphatic carbocycles. The van der Waals surface area contributed by atoms with Crippen molar-refractivity contribution in [1.29, 1.82) is 0 Å². The second kappa shape index (κ2) is 10.3. The molecule has 1 fully saturated rings. The summed E-state index contributed by atoms with van der Waals surface area (Å²) in [5.41, 5.74) is 4.88. The normalized spacial score (nSPS) is 14.4. The van der Waals surface area contributed by atoms with Crippen molar-refractivity contribution in [2.75, 3.05) is 26.2 Å². The molecule has 2 N–H and O–H groups in total. The van der Waals surface area contributed by atoms with Gasteiger partial charge in [0, 0.05) is 56.7 Å². The van der Waals surface area contributed by atoms with Crippen molar-refractivity contribution in [1.82, 2.24) is 20.5 Å². The number of carbonyl (C=O) groups excluding carboxylic acids is 1. The molecule has 0 unspecified atom stereocenters. The highest BCUT2D eigenvalue weighted by Gasteiger charge is 2.10. The first-order chi connectivity index (χ1) is 15.2. The van der Waals surface area contributed by atoms with E-state index in [0.717, 1.165) is 49.4 Å². The highest BCUT2D eigenvalue weighted by molar-refractivity contribution is 5.78. The first-order valence-electron chi connectivity index (χ1n) is 10.6. The molecule has 2 heterocycles. The maximum Gasteiger partial charge on any atom is 0.226 e. The topological polar surface area (TPSA) is 57.3 Å². The summed E-state index contributed by atoms with van der Waals surface area (Å²) in [5, 5.41) is 6.18. The Hall–Kier alpha value is -3.09. The van der Waals surface area contributed by atoms with E-state index in [1.54, 1.807) is 18.3 Å². The van der Waals surface area contributed by atoms with Gasteiger partial charge in [-0.05, 0) is 34.9 Å². The Morgan fingerprint density at radius 2 is 1.77 bits per heavy atom. The highest BCUT2D eigenvalue weighted by Crippen LogP contribution is 2.20. The lowest BCUT2D eigenvalue weighted by atomic mass is 10.0. The van der Waals surface area contributed by atoms with E-state index in [2.05, 4.69) is 44.8 Å². The Labute approximate surface area is 182 Å². The molecule has 2 aromatic carbocycles. The molecule has 1 amide bonds. The quantitative estimate of drug-likeness (QED) is 0.619. The minimum Gasteiger partial charge on any atom is -0.352 e. The van der Waals surface area contributed by atoms with E-state index < -0.39 is 0 Å². The van der Waals surface area contributed by atoms with E-state index in [1.165, 1.54) is 17.7 Å². The molecule has 4 rings (SSSR count). The van der Waals surface area contributed by atoms with Gasteiger partial charge in [-0.1, -0.05) is 42.5 Å². The molecule has 5 nitrogen and oxygen atoms in total. The number of aromatic nitrogens is 1. The van der Waals surface area contributed by atoms with Crippen molar-refractivity contribution in [2.24, 2.45) is 0 Å². The van der Waals surface area contributed by atoms with Crippen molar-refractivity contribution in [3.63, 3.8) is 0 Å². The molecule has 31 heavy (non-hydrogen) atoms. The molecule has 1 saturated heterocycles. The minimum absolute atomic E-state index is 0.137. The monoisotopic (exact) mass is 418 g/mol. The molecule has 0 spiro atoms. The molecule has 0 bridgehead atoms. The zero-order valence-corrected chi connectivity index (χ0v) is 17.5. The van der Waals surface area contributed by atoms with Crippen LogP contribution in [-0.2, 0) is 24.3 Å². The average molecular weight is 419 g/mol. The number of halogens is 1. The first kappa shape index (κ1) is 21.2. The van der Waals surface area contributed by atoms with Gasteiger partial charge in [0.1, 0.15) is 5.82 Å². The fourth-order valence-corrected chi connectivity index (χ4v) is 3.70. The predicted octanol–water partition coefficient (Wildman–Crippen LogP) is 3.15. The summed E-state index contributed by atoms with van der Waals surface area (Å²) in [6.45, 7) is 5.56. The van der Waals surface area contributed by atoms with Gasteiger partial charge in [0.15, 0.2) is 0 Å². The maximum absolute atomic E-state index is 13.2. The summed E-state index contributed by atoms with van der Waals surface area (Å²) in [7, 11) is 0. The Balaban J connectivity index is 1.29. The fraction of sp³-hybridized carbons (Fsp3) is 0.280. The lowest BCUT2D eigenvalue weighted by Crippen LogP contribution is -2.42. The van der Waals surface area contributed by atoms with Crippen LogP contribution in [0.15, 0.2) is 66.9 Å². The first-order valence-corrected chi connectivity index (χ1v) is 10.6. The van der Waals surface area contributed by atoms with E-state index in [-0.39, 0.29) is 18.1 Å². The van der Waals surface area contributed by atoms with Gasteiger partial charge < -0.3 is 10.6 Å². The van der Waals surface area contributed by atoms with E-state index in [1.807, 2.05) is 12.1 Å². The molecule has 1 aliphatic heterocycles. The number of benzene rings is 2. The number of piperazine rings is 1. The van der Waals surface area contributed by atoms with E-state index in [4.69, 9.17) is 0 Å². The third-order valence-electron chi connectivity index (χ3n) is 5.45. The summed E-state index contributed by atoms with van der Waals surface area (Å²) in [6.07, 6.45) is 2.00. The number of hydrogen-bond acceptors (Lipinski definition) is 4. The summed E-state index contributed by atoms with van der Waals surface area (Å²) in [4.78, 5) is 19.1. The highest BCUT2D eigenvalue weighted by atomic mass is 19.1. The second-order valence-corrected chi connectivity index (χ2v) is 7.84. The lowest BCUT2D eigenvalue weighted by molar-refractivity contribution is -0.120. The third-order valence-corrected chi connectivity index (χ3v) is 5.45. The van der Waals surface area contributed by atoms with Gasteiger partial charge in [0.2, 0.25) is 5.91 Å². The average Bonchev–Trinajstić information content (AvgIpc) is 2.80. The number of pyridine rings is 1. The van der Waals surface area contributed by atoms with Crippen LogP contribution in [0.4, 0.5) is 4.39 Å². The van der Waals surface area contributed by atoms with Gasteiger partial charge in [0.25, 0.3) is 0 Å². The zero-order chi connectivity index (χ0) is 21.5. The van der Waals surface area contributed by atoms with Crippen LogP contribution >= 0.6 is 0 Å². The molecule has 0 radical (unpaired) electrons. The van der Waals surface area contributed by atoms with Gasteiger partial charge in [-0.25, -0.2) is 4.39 Å². The van der Waals surface area contributed by atoms with Crippen molar-refractivity contribution in [3.05, 3.63) is 89.5 Å². The second-order valence-electron chi connectivity index (χ2n) is 7.84. The molecule has 160 valence electrons. The molecule has 0 saturated carbocycles. The van der Waals surface area contributed by atoms with Gasteiger partial charge in [-0.3, -0.25) is 14.7 Å². The van der Waals surface area contributed by atoms with Crippen LogP contribution in [0.1, 0.15) is 16.8 Å². The molecule has 6 heteroatoms. The van der Waals surface area contributed by atoms with Crippen LogP contribution in [0.25, 0.3) is 11.1 Å². The molecule has 1 aromatic heterocycles. The van der Waals surface area contributed by atoms with Crippen molar-refractivity contribution in [2.45, 2.75) is 19.5 Å². The minimum atomic E-state index is -0.305. The smallest absolute Gasteiger partial charge is 0.226 e. The van der Waals surface area contributed by atoms with E-state index >= 15 is 0 Å². The number of nitrogens with zero attached hydrogens (tertiary/aromatic N) is 2. The standard InChI is InChI=1S/C25H27FN4O/c26-23-3-1-2-20(14-23)16-29-25(31)15-24-9-8-22(17-28-24)21-6-4-19(5-7-21)18-30-12-10-27-11-13-30/h1-9,14,17,27H,10-13,15-16,18H2,(H,29,31). The third kappa shape index (κ3) is 6.20. The number of rotatable bonds is 7. The predicted molar refractivity (Wildman–Crippen MR) is 120 cm³/mol. The summed E-state index contributed by atoms with van der Waals surface area (Å²) in [6, 6.07) is 18.7. The Morgan fingerprint density at radius 3 is 2.48 bits per heavy atom. The lowest BCUT2D eigenvalue weighted by Gasteiger charge is -2.27. The van der Waals surface area contributed by atoms with Crippen LogP contribution in [0, 0.1) is 5.82 Å². The molecular formula is C25H27FN4O. The molecule has 0 atom stereocenters. The van der Waals surface area contributed by atoms with Crippen molar-refractivity contribution < 1.29 is 9.18 Å². The number of amides is 1. The number of hydrogen-bond donors (Lipinski definition) is 2. The number of nitrogens with one attached hydrogen (secondary N) is 2. The zero-order valence-electron chi connectivity index (χ0n) is 17.5. The Bertz CT molecular complexity index is 999. The van der Waals surface area contributed by atoms with Crippen LogP contribution in [0.2, 0.25) is 0 Å². The van der Waals surface area contributed by atoms with E-state index in [9.17, 15) is 9.18 Å². The Kier molecular flexibility index (Phi) is 7.02.